The summed E-state index contributed by atoms with van der Waals surface area (Å²) in [5.41, 5.74) is 8.66. The Balaban J connectivity index is 2.54. The smallest absolute Gasteiger partial charge is 0.217 e. The lowest BCUT2D eigenvalue weighted by Crippen LogP contribution is -2.37. The van der Waals surface area contributed by atoms with Gasteiger partial charge >= 0.3 is 0 Å². The van der Waals surface area contributed by atoms with Crippen molar-refractivity contribution in [2.45, 2.75) is 32.7 Å². The molecule has 0 bridgehead atoms. The number of hydrogen-bond donors (Lipinski definition) is 2. The fraction of sp³-hybridized carbons (Fsp3) is 0.357. The molecule has 17 heavy (non-hydrogen) atoms. The van der Waals surface area contributed by atoms with Gasteiger partial charge in [0.1, 0.15) is 0 Å². The van der Waals surface area contributed by atoms with Crippen LogP contribution in [0.15, 0.2) is 36.5 Å². The van der Waals surface area contributed by atoms with E-state index in [0.717, 1.165) is 12.8 Å². The summed E-state index contributed by atoms with van der Waals surface area (Å²) in [4.78, 5) is 11.0. The van der Waals surface area contributed by atoms with E-state index in [0.29, 0.717) is 5.70 Å². The van der Waals surface area contributed by atoms with Gasteiger partial charge in [0.2, 0.25) is 5.91 Å². The van der Waals surface area contributed by atoms with Gasteiger partial charge < -0.3 is 11.1 Å². The predicted octanol–water partition coefficient (Wildman–Crippen LogP) is 1.90. The molecule has 0 spiro atoms. The van der Waals surface area contributed by atoms with Crippen molar-refractivity contribution >= 4 is 5.91 Å². The van der Waals surface area contributed by atoms with Crippen LogP contribution in [0.2, 0.25) is 0 Å². The molecule has 1 atom stereocenters. The molecular formula is C14H20N2O. The van der Waals surface area contributed by atoms with Crippen molar-refractivity contribution in [3.63, 3.8) is 0 Å². The lowest BCUT2D eigenvalue weighted by molar-refractivity contribution is -0.119. The molecule has 3 nitrogen and oxygen atoms in total. The number of carbonyl (C=O) groups is 1. The maximum Gasteiger partial charge on any atom is 0.217 e. The second kappa shape index (κ2) is 6.09. The van der Waals surface area contributed by atoms with Crippen molar-refractivity contribution in [2.24, 2.45) is 5.73 Å². The van der Waals surface area contributed by atoms with Gasteiger partial charge in [0.05, 0.1) is 6.04 Å². The van der Waals surface area contributed by atoms with E-state index in [2.05, 4.69) is 43.1 Å². The number of aryl methyl sites for hydroxylation is 2. The molecule has 0 heterocycles. The van der Waals surface area contributed by atoms with E-state index in [-0.39, 0.29) is 11.9 Å². The fourth-order valence-corrected chi connectivity index (χ4v) is 1.66. The molecule has 0 aliphatic carbocycles. The van der Waals surface area contributed by atoms with E-state index < -0.39 is 0 Å². The average Bonchev–Trinajstić information content (AvgIpc) is 2.25. The molecule has 0 aliphatic heterocycles. The summed E-state index contributed by atoms with van der Waals surface area (Å²) in [6.07, 6.45) is 1.65. The highest BCUT2D eigenvalue weighted by Gasteiger charge is 2.11. The third-order valence-electron chi connectivity index (χ3n) is 2.67. The van der Waals surface area contributed by atoms with E-state index >= 15 is 0 Å². The molecule has 0 fully saturated rings. The zero-order valence-electron chi connectivity index (χ0n) is 10.5. The van der Waals surface area contributed by atoms with Gasteiger partial charge in [-0.3, -0.25) is 4.79 Å². The van der Waals surface area contributed by atoms with Crippen LogP contribution < -0.4 is 11.1 Å². The van der Waals surface area contributed by atoms with Crippen LogP contribution in [-0.4, -0.2) is 11.9 Å². The number of nitrogens with one attached hydrogen (secondary N) is 1. The molecule has 0 radical (unpaired) electrons. The van der Waals surface area contributed by atoms with Crippen molar-refractivity contribution in [2.75, 3.05) is 0 Å². The molecule has 0 saturated carbocycles. The largest absolute Gasteiger partial charge is 0.401 e. The van der Waals surface area contributed by atoms with Gasteiger partial charge in [0.25, 0.3) is 0 Å². The van der Waals surface area contributed by atoms with E-state index in [9.17, 15) is 4.79 Å². The number of amides is 1. The van der Waals surface area contributed by atoms with Gasteiger partial charge in [-0.25, -0.2) is 0 Å². The van der Waals surface area contributed by atoms with Gasteiger partial charge in [0.15, 0.2) is 0 Å². The first-order chi connectivity index (χ1) is 7.99. The topological polar surface area (TPSA) is 55.1 Å². The Labute approximate surface area is 103 Å². The quantitative estimate of drug-likeness (QED) is 0.814. The second-order valence-electron chi connectivity index (χ2n) is 4.35. The molecule has 3 N–H and O–H groups in total. The Morgan fingerprint density at radius 2 is 2.00 bits per heavy atom. The first-order valence-electron chi connectivity index (χ1n) is 5.76. The number of nitrogens with two attached hydrogens (primary N) is 1. The first kappa shape index (κ1) is 13.3. The Morgan fingerprint density at radius 3 is 2.47 bits per heavy atom. The van der Waals surface area contributed by atoms with Gasteiger partial charge in [-0.1, -0.05) is 36.4 Å². The Bertz CT molecular complexity index is 395. The lowest BCUT2D eigenvalue weighted by Gasteiger charge is -2.17. The summed E-state index contributed by atoms with van der Waals surface area (Å²) in [5.74, 6) is -0.0782. The van der Waals surface area contributed by atoms with Crippen molar-refractivity contribution < 1.29 is 4.79 Å². The summed E-state index contributed by atoms with van der Waals surface area (Å²) in [6.45, 7) is 7.25. The van der Waals surface area contributed by atoms with Crippen LogP contribution in [0.4, 0.5) is 0 Å². The van der Waals surface area contributed by atoms with Crippen molar-refractivity contribution in [3.8, 4) is 0 Å². The van der Waals surface area contributed by atoms with Crippen molar-refractivity contribution in [1.82, 2.24) is 5.32 Å². The predicted molar refractivity (Wildman–Crippen MR) is 70.4 cm³/mol. The minimum Gasteiger partial charge on any atom is -0.401 e. The summed E-state index contributed by atoms with van der Waals surface area (Å²) >= 11 is 0. The SMILES string of the molecule is C=C(N)[C@H](CCc1ccc(C)cc1)NC(C)=O. The molecule has 1 rings (SSSR count). The normalized spacial score (nSPS) is 11.9. The van der Waals surface area contributed by atoms with Crippen LogP contribution >= 0.6 is 0 Å². The summed E-state index contributed by atoms with van der Waals surface area (Å²) in [6, 6.07) is 8.22. The highest BCUT2D eigenvalue weighted by molar-refractivity contribution is 5.73. The lowest BCUT2D eigenvalue weighted by atomic mass is 10.0. The maximum atomic E-state index is 11.0. The average molecular weight is 232 g/mol. The number of hydrogen-bond acceptors (Lipinski definition) is 2. The van der Waals surface area contributed by atoms with Crippen LogP contribution in [0.1, 0.15) is 24.5 Å². The standard InChI is InChI=1S/C14H20N2O/c1-10-4-6-13(7-5-10)8-9-14(11(2)15)16-12(3)17/h4-7,14H,2,8-9,15H2,1,3H3,(H,16,17)/t14-/m0/s1. The highest BCUT2D eigenvalue weighted by Crippen LogP contribution is 2.09. The van der Waals surface area contributed by atoms with Gasteiger partial charge in [-0.2, -0.15) is 0 Å². The van der Waals surface area contributed by atoms with Crippen LogP contribution in [0.5, 0.6) is 0 Å². The molecule has 1 aromatic carbocycles. The third kappa shape index (κ3) is 4.72. The molecular weight excluding hydrogens is 212 g/mol. The third-order valence-corrected chi connectivity index (χ3v) is 2.67. The molecule has 3 heteroatoms. The van der Waals surface area contributed by atoms with Crippen LogP contribution in [0, 0.1) is 6.92 Å². The zero-order chi connectivity index (χ0) is 12.8. The van der Waals surface area contributed by atoms with E-state index in [1.54, 1.807) is 0 Å². The van der Waals surface area contributed by atoms with E-state index in [1.807, 2.05) is 0 Å². The van der Waals surface area contributed by atoms with Gasteiger partial charge in [0, 0.05) is 12.6 Å². The minimum atomic E-state index is -0.145. The number of carbonyl (C=O) groups excluding carboxylic acids is 1. The van der Waals surface area contributed by atoms with Gasteiger partial charge in [-0.05, 0) is 25.3 Å². The Kier molecular flexibility index (Phi) is 4.76. The molecule has 92 valence electrons. The van der Waals surface area contributed by atoms with Crippen molar-refractivity contribution in [3.05, 3.63) is 47.7 Å². The molecule has 0 saturated heterocycles. The van der Waals surface area contributed by atoms with Crippen molar-refractivity contribution in [1.29, 1.82) is 0 Å². The monoisotopic (exact) mass is 232 g/mol. The molecule has 0 unspecified atom stereocenters. The second-order valence-corrected chi connectivity index (χ2v) is 4.35. The van der Waals surface area contributed by atoms with Crippen LogP contribution in [-0.2, 0) is 11.2 Å². The summed E-state index contributed by atoms with van der Waals surface area (Å²) < 4.78 is 0. The maximum absolute atomic E-state index is 11.0. The van der Waals surface area contributed by atoms with Crippen LogP contribution in [0.25, 0.3) is 0 Å². The molecule has 0 aliphatic rings. The molecule has 1 aromatic rings. The summed E-state index contributed by atoms with van der Waals surface area (Å²) in [5, 5.41) is 2.80. The Hall–Kier alpha value is -1.77. The summed E-state index contributed by atoms with van der Waals surface area (Å²) in [7, 11) is 0. The fourth-order valence-electron chi connectivity index (χ4n) is 1.66. The van der Waals surface area contributed by atoms with Gasteiger partial charge in [-0.15, -0.1) is 0 Å². The number of benzene rings is 1. The van der Waals surface area contributed by atoms with Crippen LogP contribution in [0.3, 0.4) is 0 Å². The number of rotatable bonds is 5. The highest BCUT2D eigenvalue weighted by atomic mass is 16.1. The first-order valence-corrected chi connectivity index (χ1v) is 5.76. The Morgan fingerprint density at radius 1 is 1.41 bits per heavy atom. The zero-order valence-corrected chi connectivity index (χ0v) is 10.5. The molecule has 1 amide bonds. The molecule has 0 aromatic heterocycles. The van der Waals surface area contributed by atoms with E-state index in [1.165, 1.54) is 18.1 Å². The van der Waals surface area contributed by atoms with E-state index in [4.69, 9.17) is 5.73 Å². The minimum absolute atomic E-state index is 0.0782.